The molecule has 5 aromatic rings. The third-order valence-corrected chi connectivity index (χ3v) is 6.55. The maximum absolute atomic E-state index is 6.11. The van der Waals surface area contributed by atoms with Crippen molar-refractivity contribution in [1.82, 2.24) is 0 Å². The molecule has 140 valence electrons. The summed E-state index contributed by atoms with van der Waals surface area (Å²) in [6.07, 6.45) is 0. The molecular weight excluding hydrogens is 352 g/mol. The van der Waals surface area contributed by atoms with E-state index >= 15 is 0 Å². The van der Waals surface area contributed by atoms with E-state index in [1.165, 1.54) is 49.7 Å². The van der Waals surface area contributed by atoms with Gasteiger partial charge in [0.25, 0.3) is 0 Å². The van der Waals surface area contributed by atoms with Crippen LogP contribution in [0, 0.1) is 6.92 Å². The first-order valence-electron chi connectivity index (χ1n) is 10.2. The summed E-state index contributed by atoms with van der Waals surface area (Å²) < 4.78 is 6.11. The Labute approximate surface area is 170 Å². The molecule has 1 aliphatic rings. The second kappa shape index (κ2) is 5.61. The molecule has 0 fully saturated rings. The first kappa shape index (κ1) is 16.6. The Kier molecular flexibility index (Phi) is 3.21. The zero-order chi connectivity index (χ0) is 19.8. The summed E-state index contributed by atoms with van der Waals surface area (Å²) >= 11 is 0. The SMILES string of the molecule is Cc1ccc2c(c1)C(C)(C)c1cc(-c3cccc4oc5ccccc5c34)ccc1-2. The average molecular weight is 374 g/mol. The van der Waals surface area contributed by atoms with Gasteiger partial charge >= 0.3 is 0 Å². The summed E-state index contributed by atoms with van der Waals surface area (Å²) in [7, 11) is 0. The van der Waals surface area contributed by atoms with Gasteiger partial charge in [-0.3, -0.25) is 0 Å². The van der Waals surface area contributed by atoms with Crippen LogP contribution in [0.1, 0.15) is 30.5 Å². The molecule has 1 aliphatic carbocycles. The Morgan fingerprint density at radius 2 is 1.38 bits per heavy atom. The van der Waals surface area contributed by atoms with Crippen molar-refractivity contribution in [2.24, 2.45) is 0 Å². The van der Waals surface area contributed by atoms with E-state index in [2.05, 4.69) is 87.5 Å². The van der Waals surface area contributed by atoms with Crippen molar-refractivity contribution in [3.05, 3.63) is 95.6 Å². The lowest BCUT2D eigenvalue weighted by Gasteiger charge is -2.22. The van der Waals surface area contributed by atoms with Gasteiger partial charge in [0.15, 0.2) is 0 Å². The molecule has 0 atom stereocenters. The smallest absolute Gasteiger partial charge is 0.136 e. The summed E-state index contributed by atoms with van der Waals surface area (Å²) in [6.45, 7) is 6.86. The molecule has 4 aromatic carbocycles. The molecule has 0 saturated heterocycles. The molecule has 0 radical (unpaired) electrons. The second-order valence-corrected chi connectivity index (χ2v) is 8.71. The monoisotopic (exact) mass is 374 g/mol. The number of rotatable bonds is 1. The predicted molar refractivity (Wildman–Crippen MR) is 121 cm³/mol. The van der Waals surface area contributed by atoms with Crippen molar-refractivity contribution in [3.8, 4) is 22.3 Å². The highest BCUT2D eigenvalue weighted by atomic mass is 16.3. The molecule has 0 unspecified atom stereocenters. The van der Waals surface area contributed by atoms with Crippen molar-refractivity contribution in [2.45, 2.75) is 26.2 Å². The van der Waals surface area contributed by atoms with E-state index in [9.17, 15) is 0 Å². The first-order chi connectivity index (χ1) is 14.0. The Balaban J connectivity index is 1.62. The van der Waals surface area contributed by atoms with E-state index in [1.807, 2.05) is 12.1 Å². The van der Waals surface area contributed by atoms with Gasteiger partial charge in [0, 0.05) is 16.2 Å². The minimum absolute atomic E-state index is 0.000936. The number of hydrogen-bond acceptors (Lipinski definition) is 1. The van der Waals surface area contributed by atoms with Crippen LogP contribution in [0.25, 0.3) is 44.2 Å². The van der Waals surface area contributed by atoms with E-state index in [-0.39, 0.29) is 5.41 Å². The number of benzene rings is 4. The van der Waals surface area contributed by atoms with Gasteiger partial charge in [0.2, 0.25) is 0 Å². The van der Waals surface area contributed by atoms with Crippen molar-refractivity contribution in [1.29, 1.82) is 0 Å². The number of para-hydroxylation sites is 1. The molecule has 1 heterocycles. The van der Waals surface area contributed by atoms with Crippen LogP contribution in [0.2, 0.25) is 0 Å². The molecule has 0 bridgehead atoms. The number of fused-ring (bicyclic) bond motifs is 6. The quantitative estimate of drug-likeness (QED) is 0.291. The summed E-state index contributed by atoms with van der Waals surface area (Å²) in [4.78, 5) is 0. The van der Waals surface area contributed by atoms with Gasteiger partial charge in [-0.25, -0.2) is 0 Å². The van der Waals surface area contributed by atoms with E-state index in [1.54, 1.807) is 0 Å². The highest BCUT2D eigenvalue weighted by molar-refractivity contribution is 6.12. The normalized spacial score (nSPS) is 14.3. The summed E-state index contributed by atoms with van der Waals surface area (Å²) in [6, 6.07) is 28.5. The molecule has 29 heavy (non-hydrogen) atoms. The van der Waals surface area contributed by atoms with Crippen LogP contribution in [0.4, 0.5) is 0 Å². The Morgan fingerprint density at radius 1 is 0.655 bits per heavy atom. The summed E-state index contributed by atoms with van der Waals surface area (Å²) in [5.74, 6) is 0. The van der Waals surface area contributed by atoms with Crippen molar-refractivity contribution < 1.29 is 4.42 Å². The van der Waals surface area contributed by atoms with Crippen LogP contribution in [0.5, 0.6) is 0 Å². The van der Waals surface area contributed by atoms with Crippen molar-refractivity contribution in [3.63, 3.8) is 0 Å². The summed E-state index contributed by atoms with van der Waals surface area (Å²) in [5.41, 5.74) is 11.3. The number of aryl methyl sites for hydroxylation is 1. The molecule has 1 nitrogen and oxygen atoms in total. The van der Waals surface area contributed by atoms with Crippen molar-refractivity contribution >= 4 is 21.9 Å². The lowest BCUT2D eigenvalue weighted by molar-refractivity contribution is 0.660. The molecule has 6 rings (SSSR count). The molecule has 0 N–H and O–H groups in total. The topological polar surface area (TPSA) is 13.1 Å². The van der Waals surface area contributed by atoms with Crippen molar-refractivity contribution in [2.75, 3.05) is 0 Å². The highest BCUT2D eigenvalue weighted by Gasteiger charge is 2.35. The Morgan fingerprint density at radius 3 is 2.24 bits per heavy atom. The van der Waals surface area contributed by atoms with Gasteiger partial charge in [-0.05, 0) is 58.5 Å². The van der Waals surface area contributed by atoms with Gasteiger partial charge < -0.3 is 4.42 Å². The molecular formula is C28H22O. The number of hydrogen-bond donors (Lipinski definition) is 0. The van der Waals surface area contributed by atoms with Crippen LogP contribution < -0.4 is 0 Å². The minimum Gasteiger partial charge on any atom is -0.456 e. The maximum atomic E-state index is 6.11. The molecule has 0 spiro atoms. The van der Waals surface area contributed by atoms with Crippen LogP contribution in [0.15, 0.2) is 83.3 Å². The molecule has 1 aromatic heterocycles. The molecule has 1 heteroatoms. The fourth-order valence-corrected chi connectivity index (χ4v) is 5.03. The third-order valence-electron chi connectivity index (χ3n) is 6.55. The lowest BCUT2D eigenvalue weighted by Crippen LogP contribution is -2.15. The largest absolute Gasteiger partial charge is 0.456 e. The maximum Gasteiger partial charge on any atom is 0.136 e. The molecule has 0 amide bonds. The fourth-order valence-electron chi connectivity index (χ4n) is 5.03. The van der Waals surface area contributed by atoms with Crippen LogP contribution in [0.3, 0.4) is 0 Å². The zero-order valence-electron chi connectivity index (χ0n) is 16.9. The Bertz CT molecular complexity index is 1430. The number of furan rings is 1. The first-order valence-corrected chi connectivity index (χ1v) is 10.2. The molecule has 0 aliphatic heterocycles. The average Bonchev–Trinajstić information content (AvgIpc) is 3.21. The predicted octanol–water partition coefficient (Wildman–Crippen LogP) is 7.87. The van der Waals surface area contributed by atoms with Gasteiger partial charge in [-0.1, -0.05) is 80.1 Å². The summed E-state index contributed by atoms with van der Waals surface area (Å²) in [5, 5.41) is 2.38. The Hall–Kier alpha value is -3.32. The second-order valence-electron chi connectivity index (χ2n) is 8.71. The highest BCUT2D eigenvalue weighted by Crippen LogP contribution is 2.50. The van der Waals surface area contributed by atoms with E-state index in [0.717, 1.165) is 11.2 Å². The van der Waals surface area contributed by atoms with E-state index in [4.69, 9.17) is 4.42 Å². The fraction of sp³-hybridized carbons (Fsp3) is 0.143. The zero-order valence-corrected chi connectivity index (χ0v) is 16.9. The van der Waals surface area contributed by atoms with Gasteiger partial charge in [0.1, 0.15) is 11.2 Å². The van der Waals surface area contributed by atoms with Crippen LogP contribution in [-0.4, -0.2) is 0 Å². The standard InChI is InChI=1S/C28H22O/c1-17-11-13-20-21-14-12-18(16-24(21)28(2,3)23(20)15-17)19-8-6-10-26-27(19)22-7-4-5-9-25(22)29-26/h4-16H,1-3H3. The third kappa shape index (κ3) is 2.22. The van der Waals surface area contributed by atoms with Crippen LogP contribution in [-0.2, 0) is 5.41 Å². The lowest BCUT2D eigenvalue weighted by atomic mass is 9.81. The minimum atomic E-state index is -0.000936. The van der Waals surface area contributed by atoms with Gasteiger partial charge in [-0.15, -0.1) is 0 Å². The van der Waals surface area contributed by atoms with E-state index < -0.39 is 0 Å². The van der Waals surface area contributed by atoms with Crippen LogP contribution >= 0.6 is 0 Å². The van der Waals surface area contributed by atoms with Gasteiger partial charge in [0.05, 0.1) is 0 Å². The van der Waals surface area contributed by atoms with E-state index in [0.29, 0.717) is 0 Å². The van der Waals surface area contributed by atoms with Gasteiger partial charge in [-0.2, -0.15) is 0 Å². The molecule has 0 saturated carbocycles.